The number of amides is 1. The summed E-state index contributed by atoms with van der Waals surface area (Å²) in [5.41, 5.74) is 0.0213. The van der Waals surface area contributed by atoms with Gasteiger partial charge in [0.1, 0.15) is 0 Å². The molecule has 0 spiro atoms. The summed E-state index contributed by atoms with van der Waals surface area (Å²) in [7, 11) is 0. The summed E-state index contributed by atoms with van der Waals surface area (Å²) >= 11 is 6.94. The van der Waals surface area contributed by atoms with Gasteiger partial charge in [-0.2, -0.15) is 0 Å². The maximum absolute atomic E-state index is 11.8. The van der Waals surface area contributed by atoms with Gasteiger partial charge in [0.05, 0.1) is 21.4 Å². The van der Waals surface area contributed by atoms with Gasteiger partial charge in [-0.15, -0.1) is 10.2 Å². The zero-order valence-corrected chi connectivity index (χ0v) is 12.3. The number of benzene rings is 1. The Balaban J connectivity index is 1.99. The summed E-state index contributed by atoms with van der Waals surface area (Å²) in [4.78, 5) is 21.9. The Hall–Kier alpha value is -2.13. The van der Waals surface area contributed by atoms with E-state index in [4.69, 9.17) is 16.0 Å². The summed E-state index contributed by atoms with van der Waals surface area (Å²) in [6.07, 6.45) is 0. The van der Waals surface area contributed by atoms with Crippen LogP contribution in [0.2, 0.25) is 5.02 Å². The summed E-state index contributed by atoms with van der Waals surface area (Å²) < 4.78 is 5.10. The van der Waals surface area contributed by atoms with Crippen LogP contribution in [-0.4, -0.2) is 26.8 Å². The molecule has 0 aliphatic rings. The average Bonchev–Trinajstić information content (AvgIpc) is 2.84. The number of halogens is 1. The van der Waals surface area contributed by atoms with Gasteiger partial charge in [-0.1, -0.05) is 23.4 Å². The van der Waals surface area contributed by atoms with Crippen LogP contribution >= 0.6 is 23.4 Å². The van der Waals surface area contributed by atoms with E-state index < -0.39 is 10.8 Å². The van der Waals surface area contributed by atoms with Gasteiger partial charge < -0.3 is 9.73 Å². The third kappa shape index (κ3) is 4.17. The number of anilines is 1. The van der Waals surface area contributed by atoms with E-state index in [2.05, 4.69) is 15.5 Å². The minimum absolute atomic E-state index is 0.0145. The van der Waals surface area contributed by atoms with E-state index in [0.717, 1.165) is 11.8 Å². The Bertz CT molecular complexity index is 691. The fourth-order valence-electron chi connectivity index (χ4n) is 1.37. The summed E-state index contributed by atoms with van der Waals surface area (Å²) in [5, 5.41) is 21.0. The van der Waals surface area contributed by atoms with Crippen LogP contribution < -0.4 is 5.32 Å². The molecular formula is C11H9ClN4O4S. The van der Waals surface area contributed by atoms with Crippen LogP contribution in [-0.2, 0) is 4.79 Å². The normalized spacial score (nSPS) is 10.4. The number of thioether (sulfide) groups is 1. The van der Waals surface area contributed by atoms with Crippen LogP contribution in [0.5, 0.6) is 0 Å². The summed E-state index contributed by atoms with van der Waals surface area (Å²) in [6, 6.07) is 3.81. The van der Waals surface area contributed by atoms with Crippen molar-refractivity contribution in [2.24, 2.45) is 0 Å². The molecular weight excluding hydrogens is 320 g/mol. The fraction of sp³-hybridized carbons (Fsp3) is 0.182. The van der Waals surface area contributed by atoms with Crippen molar-refractivity contribution in [1.82, 2.24) is 10.2 Å². The van der Waals surface area contributed by atoms with E-state index in [0.29, 0.717) is 5.89 Å². The quantitative estimate of drug-likeness (QED) is 0.510. The lowest BCUT2D eigenvalue weighted by Crippen LogP contribution is -2.14. The second kappa shape index (κ2) is 6.55. The van der Waals surface area contributed by atoms with Crippen LogP contribution in [0, 0.1) is 17.0 Å². The topological polar surface area (TPSA) is 111 Å². The number of carbonyl (C=O) groups excluding carboxylic acids is 1. The number of aryl methyl sites for hydroxylation is 1. The molecule has 0 aliphatic heterocycles. The highest BCUT2D eigenvalue weighted by Crippen LogP contribution is 2.27. The zero-order valence-electron chi connectivity index (χ0n) is 10.7. The lowest BCUT2D eigenvalue weighted by atomic mass is 10.3. The molecule has 0 fully saturated rings. The second-order valence-corrected chi connectivity index (χ2v) is 5.18. The number of rotatable bonds is 5. The van der Waals surface area contributed by atoms with Gasteiger partial charge in [0, 0.05) is 19.1 Å². The van der Waals surface area contributed by atoms with E-state index >= 15 is 0 Å². The van der Waals surface area contributed by atoms with E-state index in [9.17, 15) is 14.9 Å². The SMILES string of the molecule is Cc1nnc(SCC(=O)Nc2cc([N+](=O)[O-])ccc2Cl)o1. The molecule has 0 saturated carbocycles. The van der Waals surface area contributed by atoms with Gasteiger partial charge in [-0.05, 0) is 6.07 Å². The smallest absolute Gasteiger partial charge is 0.277 e. The van der Waals surface area contributed by atoms with Gasteiger partial charge >= 0.3 is 0 Å². The third-order valence-electron chi connectivity index (χ3n) is 2.27. The van der Waals surface area contributed by atoms with Gasteiger partial charge in [0.15, 0.2) is 0 Å². The van der Waals surface area contributed by atoms with Crippen LogP contribution in [0.25, 0.3) is 0 Å². The van der Waals surface area contributed by atoms with E-state index in [1.165, 1.54) is 18.2 Å². The highest BCUT2D eigenvalue weighted by molar-refractivity contribution is 7.99. The number of aromatic nitrogens is 2. The molecule has 1 amide bonds. The van der Waals surface area contributed by atoms with Crippen molar-refractivity contribution in [2.75, 3.05) is 11.1 Å². The zero-order chi connectivity index (χ0) is 15.4. The highest BCUT2D eigenvalue weighted by atomic mass is 35.5. The van der Waals surface area contributed by atoms with Crippen LogP contribution in [0.4, 0.5) is 11.4 Å². The molecule has 10 heteroatoms. The predicted octanol–water partition coefficient (Wildman–Crippen LogP) is 2.67. The van der Waals surface area contributed by atoms with Gasteiger partial charge in [0.25, 0.3) is 10.9 Å². The van der Waals surface area contributed by atoms with Crippen molar-refractivity contribution in [2.45, 2.75) is 12.1 Å². The predicted molar refractivity (Wildman–Crippen MR) is 76.5 cm³/mol. The number of nitrogens with zero attached hydrogens (tertiary/aromatic N) is 3. The molecule has 0 bridgehead atoms. The first-order valence-electron chi connectivity index (χ1n) is 5.62. The molecule has 0 radical (unpaired) electrons. The molecule has 1 N–H and O–H groups in total. The van der Waals surface area contributed by atoms with E-state index in [-0.39, 0.29) is 27.4 Å². The average molecular weight is 329 g/mol. The minimum Gasteiger partial charge on any atom is -0.416 e. The fourth-order valence-corrected chi connectivity index (χ4v) is 2.14. The van der Waals surface area contributed by atoms with Crippen LogP contribution in [0.15, 0.2) is 27.8 Å². The third-order valence-corrected chi connectivity index (χ3v) is 3.42. The van der Waals surface area contributed by atoms with Crippen molar-refractivity contribution in [1.29, 1.82) is 0 Å². The molecule has 110 valence electrons. The molecule has 8 nitrogen and oxygen atoms in total. The van der Waals surface area contributed by atoms with Crippen molar-refractivity contribution in [3.63, 3.8) is 0 Å². The molecule has 0 unspecified atom stereocenters. The molecule has 1 aromatic heterocycles. The Labute approximate surface area is 128 Å². The van der Waals surface area contributed by atoms with E-state index in [1.54, 1.807) is 6.92 Å². The van der Waals surface area contributed by atoms with Crippen molar-refractivity contribution in [3.05, 3.63) is 39.2 Å². The van der Waals surface area contributed by atoms with Crippen LogP contribution in [0.3, 0.4) is 0 Å². The van der Waals surface area contributed by atoms with Crippen LogP contribution in [0.1, 0.15) is 5.89 Å². The number of hydrogen-bond acceptors (Lipinski definition) is 7. The number of nitro groups is 1. The Morgan fingerprint density at radius 1 is 1.52 bits per heavy atom. The first-order valence-corrected chi connectivity index (χ1v) is 6.99. The number of carbonyl (C=O) groups is 1. The Kier molecular flexibility index (Phi) is 4.76. The largest absolute Gasteiger partial charge is 0.416 e. The number of non-ortho nitro benzene ring substituents is 1. The summed E-state index contributed by atoms with van der Waals surface area (Å²) in [5.74, 6) is 0.0265. The first-order chi connectivity index (χ1) is 9.95. The van der Waals surface area contributed by atoms with Crippen molar-refractivity contribution in [3.8, 4) is 0 Å². The number of nitro benzene ring substituents is 1. The Morgan fingerprint density at radius 2 is 2.29 bits per heavy atom. The lowest BCUT2D eigenvalue weighted by Gasteiger charge is -2.06. The van der Waals surface area contributed by atoms with Crippen molar-refractivity contribution >= 4 is 40.6 Å². The number of nitrogens with one attached hydrogen (secondary N) is 1. The maximum atomic E-state index is 11.8. The molecule has 1 heterocycles. The van der Waals surface area contributed by atoms with E-state index in [1.807, 2.05) is 0 Å². The molecule has 0 aliphatic carbocycles. The Morgan fingerprint density at radius 3 is 2.90 bits per heavy atom. The summed E-state index contributed by atoms with van der Waals surface area (Å²) in [6.45, 7) is 1.64. The standard InChI is InChI=1S/C11H9ClN4O4S/c1-6-14-15-11(20-6)21-5-10(17)13-9-4-7(16(18)19)2-3-8(9)12/h2-4H,5H2,1H3,(H,13,17). The minimum atomic E-state index is -0.568. The monoisotopic (exact) mass is 328 g/mol. The second-order valence-electron chi connectivity index (χ2n) is 3.85. The van der Waals surface area contributed by atoms with Gasteiger partial charge in [-0.25, -0.2) is 0 Å². The molecule has 21 heavy (non-hydrogen) atoms. The first kappa shape index (κ1) is 15.3. The molecule has 0 atom stereocenters. The number of hydrogen-bond donors (Lipinski definition) is 1. The lowest BCUT2D eigenvalue weighted by molar-refractivity contribution is -0.384. The van der Waals surface area contributed by atoms with Crippen molar-refractivity contribution < 1.29 is 14.1 Å². The molecule has 2 aromatic rings. The maximum Gasteiger partial charge on any atom is 0.277 e. The molecule has 0 saturated heterocycles. The highest BCUT2D eigenvalue weighted by Gasteiger charge is 2.13. The molecule has 1 aromatic carbocycles. The molecule has 2 rings (SSSR count). The van der Waals surface area contributed by atoms with Gasteiger partial charge in [-0.3, -0.25) is 14.9 Å². The van der Waals surface area contributed by atoms with Gasteiger partial charge in [0.2, 0.25) is 11.8 Å².